The third-order valence-electron chi connectivity index (χ3n) is 4.64. The van der Waals surface area contributed by atoms with Gasteiger partial charge >= 0.3 is 0 Å². The van der Waals surface area contributed by atoms with Gasteiger partial charge in [-0.15, -0.1) is 16.4 Å². The average molecular weight is 451 g/mol. The molecule has 2 heterocycles. The van der Waals surface area contributed by atoms with Crippen molar-refractivity contribution in [3.63, 3.8) is 0 Å². The summed E-state index contributed by atoms with van der Waals surface area (Å²) in [5.74, 6) is 1.80. The third kappa shape index (κ3) is 4.92. The molecule has 10 heteroatoms. The Labute approximate surface area is 189 Å². The fourth-order valence-corrected chi connectivity index (χ4v) is 3.67. The third-order valence-corrected chi connectivity index (χ3v) is 5.40. The first-order valence-corrected chi connectivity index (χ1v) is 10.8. The zero-order chi connectivity index (χ0) is 22.5. The highest BCUT2D eigenvalue weighted by atomic mass is 32.1. The Hall–Kier alpha value is -3.79. The molecule has 0 spiro atoms. The van der Waals surface area contributed by atoms with Crippen molar-refractivity contribution < 1.29 is 14.3 Å². The van der Waals surface area contributed by atoms with Crippen molar-refractivity contribution in [2.24, 2.45) is 0 Å². The van der Waals surface area contributed by atoms with Gasteiger partial charge in [0, 0.05) is 16.5 Å². The molecule has 0 aliphatic heterocycles. The Bertz CT molecular complexity index is 1190. The fraction of sp³-hybridized carbons (Fsp3) is 0.227. The maximum atomic E-state index is 12.6. The highest BCUT2D eigenvalue weighted by molar-refractivity contribution is 7.14. The van der Waals surface area contributed by atoms with E-state index in [9.17, 15) is 4.79 Å². The molecule has 0 atom stereocenters. The average Bonchev–Trinajstić information content (AvgIpc) is 3.48. The molecule has 0 fully saturated rings. The summed E-state index contributed by atoms with van der Waals surface area (Å²) in [7, 11) is 1.63. The van der Waals surface area contributed by atoms with Crippen LogP contribution in [0.1, 0.15) is 36.1 Å². The number of hydrogen-bond acceptors (Lipinski definition) is 8. The SMILES string of the molecule is COc1ccc(-c2csc(NC(=O)c3ccc(OCc4nnnn4C(C)C)cc3)n2)cc1. The lowest BCUT2D eigenvalue weighted by Crippen LogP contribution is -2.12. The first kappa shape index (κ1) is 21.4. The van der Waals surface area contributed by atoms with Crippen LogP contribution in [0, 0.1) is 0 Å². The zero-order valence-corrected chi connectivity index (χ0v) is 18.7. The van der Waals surface area contributed by atoms with Crippen LogP contribution in [0.15, 0.2) is 53.9 Å². The molecule has 1 N–H and O–H groups in total. The molecule has 4 aromatic rings. The van der Waals surface area contributed by atoms with E-state index in [2.05, 4.69) is 25.8 Å². The second kappa shape index (κ2) is 9.56. The smallest absolute Gasteiger partial charge is 0.257 e. The predicted molar refractivity (Wildman–Crippen MR) is 121 cm³/mol. The Morgan fingerprint density at radius 3 is 2.50 bits per heavy atom. The van der Waals surface area contributed by atoms with Crippen molar-refractivity contribution >= 4 is 22.4 Å². The molecule has 9 nitrogen and oxygen atoms in total. The Kier molecular flexibility index (Phi) is 6.41. The molecule has 0 saturated heterocycles. The Balaban J connectivity index is 1.35. The van der Waals surface area contributed by atoms with Crippen LogP contribution in [-0.2, 0) is 6.61 Å². The molecule has 4 rings (SSSR count). The van der Waals surface area contributed by atoms with E-state index in [4.69, 9.17) is 9.47 Å². The standard InChI is InChI=1S/C22H22N6O3S/c1-14(2)28-20(25-26-27-28)12-31-18-10-6-16(7-11-18)21(29)24-22-23-19(13-32-22)15-4-8-17(30-3)9-5-15/h4-11,13-14H,12H2,1-3H3,(H,23,24,29). The molecular formula is C22H22N6O3S. The van der Waals surface area contributed by atoms with E-state index >= 15 is 0 Å². The largest absolute Gasteiger partial charge is 0.497 e. The lowest BCUT2D eigenvalue weighted by atomic mass is 10.2. The topological polar surface area (TPSA) is 104 Å². The van der Waals surface area contributed by atoms with Crippen LogP contribution in [0.25, 0.3) is 11.3 Å². The van der Waals surface area contributed by atoms with Crippen LogP contribution in [-0.4, -0.2) is 38.2 Å². The number of hydrogen-bond donors (Lipinski definition) is 1. The van der Waals surface area contributed by atoms with Gasteiger partial charge in [-0.2, -0.15) is 0 Å². The van der Waals surface area contributed by atoms with Crippen LogP contribution >= 0.6 is 11.3 Å². The minimum atomic E-state index is -0.240. The highest BCUT2D eigenvalue weighted by Gasteiger charge is 2.12. The minimum absolute atomic E-state index is 0.144. The number of benzene rings is 2. The summed E-state index contributed by atoms with van der Waals surface area (Å²) in [5, 5.41) is 16.9. The van der Waals surface area contributed by atoms with Crippen LogP contribution in [0.3, 0.4) is 0 Å². The van der Waals surface area contributed by atoms with Crippen molar-refractivity contribution in [3.8, 4) is 22.8 Å². The summed E-state index contributed by atoms with van der Waals surface area (Å²) in [5.41, 5.74) is 2.25. The van der Waals surface area contributed by atoms with Crippen molar-refractivity contribution in [2.75, 3.05) is 12.4 Å². The van der Waals surface area contributed by atoms with Gasteiger partial charge in [-0.3, -0.25) is 10.1 Å². The second-order valence-corrected chi connectivity index (χ2v) is 8.03. The van der Waals surface area contributed by atoms with Crippen LogP contribution in [0.4, 0.5) is 5.13 Å². The molecular weight excluding hydrogens is 428 g/mol. The first-order chi connectivity index (χ1) is 15.5. The minimum Gasteiger partial charge on any atom is -0.497 e. The summed E-state index contributed by atoms with van der Waals surface area (Å²) < 4.78 is 12.6. The summed E-state index contributed by atoms with van der Waals surface area (Å²) >= 11 is 1.37. The van der Waals surface area contributed by atoms with Crippen molar-refractivity contribution in [1.82, 2.24) is 25.2 Å². The number of rotatable bonds is 8. The number of carbonyl (C=O) groups excluding carboxylic acids is 1. The van der Waals surface area contributed by atoms with E-state index in [0.717, 1.165) is 17.0 Å². The Morgan fingerprint density at radius 2 is 1.81 bits per heavy atom. The van der Waals surface area contributed by atoms with Crippen molar-refractivity contribution in [2.45, 2.75) is 26.5 Å². The van der Waals surface area contributed by atoms with E-state index in [0.29, 0.717) is 22.3 Å². The molecule has 164 valence electrons. The molecule has 2 aromatic carbocycles. The number of ether oxygens (including phenoxy) is 2. The molecule has 1 amide bonds. The maximum absolute atomic E-state index is 12.6. The van der Waals surface area contributed by atoms with E-state index in [1.807, 2.05) is 43.5 Å². The Morgan fingerprint density at radius 1 is 1.09 bits per heavy atom. The highest BCUT2D eigenvalue weighted by Crippen LogP contribution is 2.27. The first-order valence-electron chi connectivity index (χ1n) is 9.94. The molecule has 0 saturated carbocycles. The van der Waals surface area contributed by atoms with Gasteiger partial charge in [0.15, 0.2) is 11.0 Å². The molecule has 0 bridgehead atoms. The number of carbonyl (C=O) groups is 1. The van der Waals surface area contributed by atoms with Gasteiger partial charge in [-0.05, 0) is 72.8 Å². The van der Waals surface area contributed by atoms with Gasteiger partial charge in [-0.1, -0.05) is 0 Å². The number of anilines is 1. The van der Waals surface area contributed by atoms with Crippen LogP contribution in [0.5, 0.6) is 11.5 Å². The number of amides is 1. The molecule has 32 heavy (non-hydrogen) atoms. The lowest BCUT2D eigenvalue weighted by Gasteiger charge is -2.09. The van der Waals surface area contributed by atoms with Crippen molar-refractivity contribution in [3.05, 3.63) is 65.3 Å². The normalized spacial score (nSPS) is 10.9. The lowest BCUT2D eigenvalue weighted by molar-refractivity contribution is 0.102. The van der Waals surface area contributed by atoms with Gasteiger partial charge in [0.1, 0.15) is 18.1 Å². The monoisotopic (exact) mass is 450 g/mol. The quantitative estimate of drug-likeness (QED) is 0.429. The van der Waals surface area contributed by atoms with Crippen molar-refractivity contribution in [1.29, 1.82) is 0 Å². The number of thiazole rings is 1. The molecule has 0 unspecified atom stereocenters. The van der Waals surface area contributed by atoms with E-state index in [-0.39, 0.29) is 18.6 Å². The number of nitrogens with zero attached hydrogens (tertiary/aromatic N) is 5. The number of aromatic nitrogens is 5. The number of methoxy groups -OCH3 is 1. The fourth-order valence-electron chi connectivity index (χ4n) is 2.95. The summed E-state index contributed by atoms with van der Waals surface area (Å²) in [4.78, 5) is 17.1. The van der Waals surface area contributed by atoms with Gasteiger partial charge in [0.2, 0.25) is 0 Å². The van der Waals surface area contributed by atoms with Crippen LogP contribution < -0.4 is 14.8 Å². The summed E-state index contributed by atoms with van der Waals surface area (Å²) in [6.07, 6.45) is 0. The van der Waals surface area contributed by atoms with Gasteiger partial charge in [0.25, 0.3) is 5.91 Å². The number of nitrogens with one attached hydrogen (secondary N) is 1. The number of tetrazole rings is 1. The molecule has 0 aliphatic rings. The van der Waals surface area contributed by atoms with E-state index in [1.165, 1.54) is 11.3 Å². The van der Waals surface area contributed by atoms with E-state index < -0.39 is 0 Å². The molecule has 2 aromatic heterocycles. The summed E-state index contributed by atoms with van der Waals surface area (Å²) in [6, 6.07) is 14.6. The van der Waals surface area contributed by atoms with E-state index in [1.54, 1.807) is 36.1 Å². The maximum Gasteiger partial charge on any atom is 0.257 e. The van der Waals surface area contributed by atoms with Gasteiger partial charge in [-0.25, -0.2) is 9.67 Å². The predicted octanol–water partition coefficient (Wildman–Crippen LogP) is 4.22. The zero-order valence-electron chi connectivity index (χ0n) is 17.8. The second-order valence-electron chi connectivity index (χ2n) is 7.17. The van der Waals surface area contributed by atoms with Gasteiger partial charge < -0.3 is 9.47 Å². The summed E-state index contributed by atoms with van der Waals surface area (Å²) in [6.45, 7) is 4.23. The molecule has 0 aliphatic carbocycles. The molecule has 0 radical (unpaired) electrons. The van der Waals surface area contributed by atoms with Crippen LogP contribution in [0.2, 0.25) is 0 Å². The van der Waals surface area contributed by atoms with Gasteiger partial charge in [0.05, 0.1) is 18.8 Å².